The molecular weight excluding hydrogens is 246 g/mol. The summed E-state index contributed by atoms with van der Waals surface area (Å²) >= 11 is 0. The van der Waals surface area contributed by atoms with Gasteiger partial charge in [0.25, 0.3) is 0 Å². The lowest BCUT2D eigenvalue weighted by atomic mass is 9.71. The normalized spacial score (nSPS) is 27.1. The van der Waals surface area contributed by atoms with Crippen molar-refractivity contribution in [3.05, 3.63) is 29.8 Å². The first-order valence-corrected chi connectivity index (χ1v) is 7.92. The van der Waals surface area contributed by atoms with Crippen molar-refractivity contribution in [2.75, 3.05) is 0 Å². The molecule has 3 atom stereocenters. The Kier molecular flexibility index (Phi) is 4.74. The Morgan fingerprint density at radius 2 is 2.00 bits per heavy atom. The topological polar surface area (TPSA) is 35.2 Å². The van der Waals surface area contributed by atoms with Gasteiger partial charge in [0.05, 0.1) is 6.10 Å². The van der Waals surface area contributed by atoms with Crippen LogP contribution in [0.25, 0.3) is 0 Å². The molecule has 0 spiro atoms. The highest BCUT2D eigenvalue weighted by Crippen LogP contribution is 2.40. The average Bonchev–Trinajstić information content (AvgIpc) is 2.36. The van der Waals surface area contributed by atoms with Crippen LogP contribution in [0.1, 0.15) is 65.0 Å². The van der Waals surface area contributed by atoms with Gasteiger partial charge >= 0.3 is 0 Å². The first kappa shape index (κ1) is 15.4. The van der Waals surface area contributed by atoms with E-state index in [1.165, 1.54) is 6.42 Å². The Morgan fingerprint density at radius 3 is 2.65 bits per heavy atom. The van der Waals surface area contributed by atoms with Crippen molar-refractivity contribution in [2.24, 2.45) is 17.1 Å². The van der Waals surface area contributed by atoms with Crippen molar-refractivity contribution >= 4 is 0 Å². The number of benzene rings is 1. The van der Waals surface area contributed by atoms with Crippen LogP contribution in [0.15, 0.2) is 24.3 Å². The van der Waals surface area contributed by atoms with Crippen molar-refractivity contribution in [3.8, 4) is 5.75 Å². The highest BCUT2D eigenvalue weighted by atomic mass is 16.5. The lowest BCUT2D eigenvalue weighted by molar-refractivity contribution is 0.0554. The van der Waals surface area contributed by atoms with Crippen molar-refractivity contribution in [2.45, 2.75) is 65.5 Å². The molecular formula is C18H29NO. The maximum atomic E-state index is 6.34. The zero-order valence-corrected chi connectivity index (χ0v) is 13.4. The summed E-state index contributed by atoms with van der Waals surface area (Å²) in [6.07, 6.45) is 4.83. The van der Waals surface area contributed by atoms with Crippen LogP contribution in [0, 0.1) is 11.3 Å². The Bertz CT molecular complexity index is 441. The quantitative estimate of drug-likeness (QED) is 0.865. The Balaban J connectivity index is 2.13. The SMILES string of the molecule is CCC(N)c1ccccc1OC1CC(C)CC(C)(C)C1. The third-order valence-corrected chi connectivity index (χ3v) is 4.40. The summed E-state index contributed by atoms with van der Waals surface area (Å²) in [5, 5.41) is 0. The van der Waals surface area contributed by atoms with E-state index in [1.807, 2.05) is 12.1 Å². The van der Waals surface area contributed by atoms with E-state index in [9.17, 15) is 0 Å². The van der Waals surface area contributed by atoms with Gasteiger partial charge in [-0.25, -0.2) is 0 Å². The summed E-state index contributed by atoms with van der Waals surface area (Å²) in [4.78, 5) is 0. The summed E-state index contributed by atoms with van der Waals surface area (Å²) < 4.78 is 6.34. The molecule has 3 unspecified atom stereocenters. The van der Waals surface area contributed by atoms with E-state index < -0.39 is 0 Å². The van der Waals surface area contributed by atoms with Gasteiger partial charge in [0.15, 0.2) is 0 Å². The molecule has 1 aliphatic carbocycles. The lowest BCUT2D eigenvalue weighted by Gasteiger charge is -2.39. The minimum atomic E-state index is 0.0697. The standard InChI is InChI=1S/C18H29NO/c1-5-16(19)15-8-6-7-9-17(15)20-14-10-13(2)11-18(3,4)12-14/h6-9,13-14,16H,5,10-12,19H2,1-4H3. The monoisotopic (exact) mass is 275 g/mol. The van der Waals surface area contributed by atoms with Gasteiger partial charge in [0, 0.05) is 11.6 Å². The molecule has 2 rings (SSSR count). The fourth-order valence-electron chi connectivity index (χ4n) is 3.64. The van der Waals surface area contributed by atoms with Crippen molar-refractivity contribution in [3.63, 3.8) is 0 Å². The molecule has 0 amide bonds. The molecule has 0 bridgehead atoms. The van der Waals surface area contributed by atoms with Crippen LogP contribution in [0.3, 0.4) is 0 Å². The molecule has 2 nitrogen and oxygen atoms in total. The first-order chi connectivity index (χ1) is 9.41. The lowest BCUT2D eigenvalue weighted by Crippen LogP contribution is -2.34. The third-order valence-electron chi connectivity index (χ3n) is 4.40. The summed E-state index contributed by atoms with van der Waals surface area (Å²) in [6.45, 7) is 9.15. The first-order valence-electron chi connectivity index (χ1n) is 7.92. The predicted molar refractivity (Wildman–Crippen MR) is 84.9 cm³/mol. The maximum absolute atomic E-state index is 6.34. The highest BCUT2D eigenvalue weighted by molar-refractivity contribution is 5.35. The summed E-state index contributed by atoms with van der Waals surface area (Å²) in [5.41, 5.74) is 7.72. The molecule has 0 aliphatic heterocycles. The molecule has 0 radical (unpaired) electrons. The number of rotatable bonds is 4. The van der Waals surface area contributed by atoms with Gasteiger partial charge in [-0.3, -0.25) is 0 Å². The second-order valence-electron chi connectivity index (χ2n) is 7.21. The van der Waals surface area contributed by atoms with Crippen molar-refractivity contribution in [1.82, 2.24) is 0 Å². The van der Waals surface area contributed by atoms with Gasteiger partial charge in [-0.05, 0) is 43.1 Å². The average molecular weight is 275 g/mol. The predicted octanol–water partition coefficient (Wildman–Crippen LogP) is 4.69. The van der Waals surface area contributed by atoms with Crippen LogP contribution in [0.4, 0.5) is 0 Å². The second kappa shape index (κ2) is 6.17. The van der Waals surface area contributed by atoms with Gasteiger partial charge in [-0.1, -0.05) is 45.9 Å². The number of ether oxygens (including phenoxy) is 1. The van der Waals surface area contributed by atoms with E-state index in [0.29, 0.717) is 11.5 Å². The van der Waals surface area contributed by atoms with Crippen molar-refractivity contribution in [1.29, 1.82) is 0 Å². The largest absolute Gasteiger partial charge is 0.490 e. The smallest absolute Gasteiger partial charge is 0.124 e. The van der Waals surface area contributed by atoms with Crippen molar-refractivity contribution < 1.29 is 4.74 Å². The summed E-state index contributed by atoms with van der Waals surface area (Å²) in [5.74, 6) is 1.72. The molecule has 20 heavy (non-hydrogen) atoms. The third kappa shape index (κ3) is 3.76. The van der Waals surface area contributed by atoms with Crippen LogP contribution in [-0.4, -0.2) is 6.10 Å². The van der Waals surface area contributed by atoms with E-state index in [0.717, 1.165) is 36.5 Å². The van der Waals surface area contributed by atoms with Gasteiger partial charge in [-0.2, -0.15) is 0 Å². The minimum absolute atomic E-state index is 0.0697. The molecule has 112 valence electrons. The molecule has 1 fully saturated rings. The molecule has 2 N–H and O–H groups in total. The van der Waals surface area contributed by atoms with Gasteiger partial charge in [0.1, 0.15) is 5.75 Å². The molecule has 2 heteroatoms. The van der Waals surface area contributed by atoms with E-state index >= 15 is 0 Å². The van der Waals surface area contributed by atoms with Gasteiger partial charge in [-0.15, -0.1) is 0 Å². The fraction of sp³-hybridized carbons (Fsp3) is 0.667. The number of nitrogens with two attached hydrogens (primary N) is 1. The van der Waals surface area contributed by atoms with Crippen LogP contribution in [0.5, 0.6) is 5.75 Å². The maximum Gasteiger partial charge on any atom is 0.124 e. The zero-order valence-electron chi connectivity index (χ0n) is 13.4. The van der Waals surface area contributed by atoms with Crippen LogP contribution in [-0.2, 0) is 0 Å². The summed E-state index contributed by atoms with van der Waals surface area (Å²) in [6, 6.07) is 8.32. The highest BCUT2D eigenvalue weighted by Gasteiger charge is 2.33. The number of hydrogen-bond acceptors (Lipinski definition) is 2. The van der Waals surface area contributed by atoms with Crippen LogP contribution >= 0.6 is 0 Å². The van der Waals surface area contributed by atoms with E-state index in [4.69, 9.17) is 10.5 Å². The Labute approximate surface area is 123 Å². The number of para-hydroxylation sites is 1. The molecule has 1 aromatic rings. The number of hydrogen-bond donors (Lipinski definition) is 1. The molecule has 1 aliphatic rings. The van der Waals surface area contributed by atoms with Crippen LogP contribution in [0.2, 0.25) is 0 Å². The second-order valence-corrected chi connectivity index (χ2v) is 7.21. The molecule has 0 heterocycles. The van der Waals surface area contributed by atoms with E-state index in [-0.39, 0.29) is 6.04 Å². The molecule has 0 saturated heterocycles. The molecule has 1 aromatic carbocycles. The van der Waals surface area contributed by atoms with E-state index in [2.05, 4.69) is 39.8 Å². The fourth-order valence-corrected chi connectivity index (χ4v) is 3.64. The molecule has 0 aromatic heterocycles. The Morgan fingerprint density at radius 1 is 1.30 bits per heavy atom. The van der Waals surface area contributed by atoms with Crippen LogP contribution < -0.4 is 10.5 Å². The molecule has 1 saturated carbocycles. The summed E-state index contributed by atoms with van der Waals surface area (Å²) in [7, 11) is 0. The Hall–Kier alpha value is -1.02. The van der Waals surface area contributed by atoms with Gasteiger partial charge in [0.2, 0.25) is 0 Å². The minimum Gasteiger partial charge on any atom is -0.490 e. The van der Waals surface area contributed by atoms with E-state index in [1.54, 1.807) is 0 Å². The van der Waals surface area contributed by atoms with Gasteiger partial charge < -0.3 is 10.5 Å². The zero-order chi connectivity index (χ0) is 14.8.